The Balaban J connectivity index is 1.22. The van der Waals surface area contributed by atoms with E-state index in [1.54, 1.807) is 6.92 Å². The van der Waals surface area contributed by atoms with E-state index in [2.05, 4.69) is 34.5 Å². The van der Waals surface area contributed by atoms with Gasteiger partial charge in [0.05, 0.1) is 0 Å². The number of alkyl carbamates (subject to hydrolysis) is 1. The first kappa shape index (κ1) is 27.0. The molecule has 2 N–H and O–H groups in total. The van der Waals surface area contributed by atoms with E-state index in [9.17, 15) is 19.5 Å². The van der Waals surface area contributed by atoms with Gasteiger partial charge in [-0.1, -0.05) is 78.9 Å². The highest BCUT2D eigenvalue weighted by molar-refractivity contribution is 5.95. The fourth-order valence-corrected chi connectivity index (χ4v) is 6.79. The summed E-state index contributed by atoms with van der Waals surface area (Å²) >= 11 is 0. The average Bonchev–Trinajstić information content (AvgIpc) is 3.67. The fraction of sp³-hybridized carbons (Fsp3) is 0.364. The molecule has 6 rings (SSSR count). The lowest BCUT2D eigenvalue weighted by molar-refractivity contribution is -0.157. The number of amides is 2. The highest BCUT2D eigenvalue weighted by atomic mass is 16.5. The van der Waals surface area contributed by atoms with Crippen LogP contribution in [0.2, 0.25) is 0 Å². The van der Waals surface area contributed by atoms with Gasteiger partial charge in [-0.2, -0.15) is 0 Å². The first-order valence-corrected chi connectivity index (χ1v) is 14.3. The molecule has 0 spiro atoms. The number of nitrogens with one attached hydrogen (secondary N) is 1. The normalized spacial score (nSPS) is 23.7. The van der Waals surface area contributed by atoms with Gasteiger partial charge in [0.1, 0.15) is 17.7 Å². The summed E-state index contributed by atoms with van der Waals surface area (Å²) in [7, 11) is 0. The van der Waals surface area contributed by atoms with E-state index in [1.807, 2.05) is 54.6 Å². The van der Waals surface area contributed by atoms with Gasteiger partial charge in [0, 0.05) is 32.1 Å². The molecule has 1 aliphatic carbocycles. The summed E-state index contributed by atoms with van der Waals surface area (Å²) in [5, 5.41) is 12.9. The van der Waals surface area contributed by atoms with Crippen LogP contribution in [0.4, 0.5) is 4.79 Å². The third-order valence-corrected chi connectivity index (χ3v) is 9.04. The molecule has 2 fully saturated rings. The molecule has 0 saturated carbocycles. The number of aliphatic carboxylic acids is 1. The Morgan fingerprint density at radius 1 is 0.902 bits per heavy atom. The number of nitrogens with zero attached hydrogens (tertiary/aromatic N) is 2. The van der Waals surface area contributed by atoms with Gasteiger partial charge in [0.25, 0.3) is 5.91 Å². The maximum Gasteiger partial charge on any atom is 0.408 e. The molecular weight excluding hydrogens is 518 g/mol. The van der Waals surface area contributed by atoms with Crippen molar-refractivity contribution in [1.82, 2.24) is 15.1 Å². The Labute approximate surface area is 239 Å². The summed E-state index contributed by atoms with van der Waals surface area (Å²) in [4.78, 5) is 43.4. The highest BCUT2D eigenvalue weighted by Crippen LogP contribution is 2.44. The molecule has 2 amide bonds. The van der Waals surface area contributed by atoms with Crippen molar-refractivity contribution in [3.8, 4) is 11.1 Å². The second kappa shape index (κ2) is 10.7. The van der Waals surface area contributed by atoms with Gasteiger partial charge in [-0.15, -0.1) is 0 Å². The van der Waals surface area contributed by atoms with E-state index >= 15 is 0 Å². The Bertz CT molecular complexity index is 1430. The van der Waals surface area contributed by atoms with Crippen molar-refractivity contribution in [3.63, 3.8) is 0 Å². The number of hydrogen-bond acceptors (Lipinski definition) is 5. The molecule has 2 heterocycles. The van der Waals surface area contributed by atoms with Gasteiger partial charge in [0.2, 0.25) is 0 Å². The zero-order valence-corrected chi connectivity index (χ0v) is 23.2. The third-order valence-electron chi connectivity index (χ3n) is 9.04. The monoisotopic (exact) mass is 553 g/mol. The first-order chi connectivity index (χ1) is 19.8. The van der Waals surface area contributed by atoms with E-state index in [1.165, 1.54) is 4.90 Å². The summed E-state index contributed by atoms with van der Waals surface area (Å²) < 4.78 is 5.84. The molecule has 212 valence electrons. The Hall–Kier alpha value is -4.17. The molecule has 3 aromatic carbocycles. The van der Waals surface area contributed by atoms with Crippen molar-refractivity contribution in [1.29, 1.82) is 0 Å². The SMILES string of the molecule is C[C@@]1(C(=O)O)CCCN1C(=O)C1(NC(=O)OCC2c3ccccc3-c3ccccc32)CCN(Cc2ccccc2)C1. The van der Waals surface area contributed by atoms with Crippen LogP contribution in [0.5, 0.6) is 0 Å². The summed E-state index contributed by atoms with van der Waals surface area (Å²) in [6.45, 7) is 3.55. The zero-order chi connectivity index (χ0) is 28.6. The van der Waals surface area contributed by atoms with Crippen molar-refractivity contribution in [3.05, 3.63) is 95.6 Å². The summed E-state index contributed by atoms with van der Waals surface area (Å²) in [6.07, 6.45) is 0.680. The summed E-state index contributed by atoms with van der Waals surface area (Å²) in [5.74, 6) is -1.49. The fourth-order valence-electron chi connectivity index (χ4n) is 6.79. The first-order valence-electron chi connectivity index (χ1n) is 14.3. The molecule has 8 heteroatoms. The van der Waals surface area contributed by atoms with Gasteiger partial charge in [0.15, 0.2) is 0 Å². The third kappa shape index (κ3) is 4.86. The van der Waals surface area contributed by atoms with E-state index in [0.29, 0.717) is 38.9 Å². The largest absolute Gasteiger partial charge is 0.480 e. The van der Waals surface area contributed by atoms with Gasteiger partial charge < -0.3 is 20.1 Å². The number of benzene rings is 3. The van der Waals surface area contributed by atoms with Crippen LogP contribution in [0.25, 0.3) is 11.1 Å². The molecule has 8 nitrogen and oxygen atoms in total. The number of carbonyl (C=O) groups excluding carboxylic acids is 2. The van der Waals surface area contributed by atoms with Crippen LogP contribution in [0, 0.1) is 0 Å². The lowest BCUT2D eigenvalue weighted by Gasteiger charge is -2.39. The van der Waals surface area contributed by atoms with Crippen molar-refractivity contribution in [2.75, 3.05) is 26.2 Å². The minimum atomic E-state index is -1.31. The number of rotatable bonds is 7. The number of ether oxygens (including phenoxy) is 1. The molecule has 2 aliphatic heterocycles. The molecule has 2 saturated heterocycles. The van der Waals surface area contributed by atoms with E-state index in [4.69, 9.17) is 4.74 Å². The number of carbonyl (C=O) groups is 3. The van der Waals surface area contributed by atoms with Crippen molar-refractivity contribution >= 4 is 18.0 Å². The molecule has 0 aromatic heterocycles. The lowest BCUT2D eigenvalue weighted by Crippen LogP contribution is -2.65. The van der Waals surface area contributed by atoms with Crippen LogP contribution in [0.1, 0.15) is 48.8 Å². The average molecular weight is 554 g/mol. The van der Waals surface area contributed by atoms with E-state index in [0.717, 1.165) is 27.8 Å². The molecule has 0 radical (unpaired) electrons. The quantitative estimate of drug-likeness (QED) is 0.443. The number of fused-ring (bicyclic) bond motifs is 3. The second-order valence-corrected chi connectivity index (χ2v) is 11.6. The van der Waals surface area contributed by atoms with Crippen LogP contribution in [0.3, 0.4) is 0 Å². The minimum Gasteiger partial charge on any atom is -0.480 e. The number of hydrogen-bond donors (Lipinski definition) is 2. The van der Waals surface area contributed by atoms with E-state index < -0.39 is 23.1 Å². The summed E-state index contributed by atoms with van der Waals surface area (Å²) in [5.41, 5.74) is 3.01. The van der Waals surface area contributed by atoms with Gasteiger partial charge in [-0.3, -0.25) is 9.69 Å². The summed E-state index contributed by atoms with van der Waals surface area (Å²) in [6, 6.07) is 26.2. The Morgan fingerprint density at radius 2 is 1.54 bits per heavy atom. The molecule has 0 bridgehead atoms. The smallest absolute Gasteiger partial charge is 0.408 e. The van der Waals surface area contributed by atoms with Crippen LogP contribution >= 0.6 is 0 Å². The zero-order valence-electron chi connectivity index (χ0n) is 23.2. The maximum atomic E-state index is 14.2. The predicted octanol–water partition coefficient (Wildman–Crippen LogP) is 4.64. The number of carboxylic acid groups (broad SMARTS) is 1. The second-order valence-electron chi connectivity index (χ2n) is 11.6. The molecule has 41 heavy (non-hydrogen) atoms. The topological polar surface area (TPSA) is 99.2 Å². The maximum absolute atomic E-state index is 14.2. The van der Waals surface area contributed by atoms with Crippen LogP contribution in [-0.4, -0.2) is 70.2 Å². The predicted molar refractivity (Wildman–Crippen MR) is 154 cm³/mol. The van der Waals surface area contributed by atoms with Crippen molar-refractivity contribution in [2.45, 2.75) is 49.7 Å². The molecule has 2 atom stereocenters. The van der Waals surface area contributed by atoms with Gasteiger partial charge >= 0.3 is 12.1 Å². The Morgan fingerprint density at radius 3 is 2.20 bits per heavy atom. The highest BCUT2D eigenvalue weighted by Gasteiger charge is 2.55. The van der Waals surface area contributed by atoms with Crippen LogP contribution in [-0.2, 0) is 20.9 Å². The molecular formula is C33H35N3O5. The minimum absolute atomic E-state index is 0.105. The van der Waals surface area contributed by atoms with Crippen LogP contribution in [0.15, 0.2) is 78.9 Å². The van der Waals surface area contributed by atoms with Gasteiger partial charge in [-0.25, -0.2) is 9.59 Å². The Kier molecular flexibility index (Phi) is 7.03. The van der Waals surface area contributed by atoms with Crippen molar-refractivity contribution < 1.29 is 24.2 Å². The van der Waals surface area contributed by atoms with Crippen LogP contribution < -0.4 is 5.32 Å². The molecule has 3 aliphatic rings. The number of carboxylic acids is 1. The van der Waals surface area contributed by atoms with Gasteiger partial charge in [-0.05, 0) is 54.0 Å². The van der Waals surface area contributed by atoms with E-state index in [-0.39, 0.29) is 25.0 Å². The number of likely N-dealkylation sites (tertiary alicyclic amines) is 2. The lowest BCUT2D eigenvalue weighted by atomic mass is 9.92. The standard InChI is InChI=1S/C33H35N3O5/c1-32(30(38)39)16-9-18-36(32)29(37)33(17-19-35(22-33)20-23-10-3-2-4-11-23)34-31(40)41-21-28-26-14-7-5-12-24(26)25-13-6-8-15-27(25)28/h2-8,10-15,28H,9,16-22H2,1H3,(H,34,40)(H,38,39)/t32-,33?/m0/s1. The molecule has 1 unspecified atom stereocenters. The molecule has 3 aromatic rings. The van der Waals surface area contributed by atoms with Crippen molar-refractivity contribution in [2.24, 2.45) is 0 Å².